The van der Waals surface area contributed by atoms with Crippen molar-refractivity contribution in [2.75, 3.05) is 12.4 Å². The summed E-state index contributed by atoms with van der Waals surface area (Å²) in [7, 11) is 0. The highest BCUT2D eigenvalue weighted by atomic mass is 32.2. The maximum absolute atomic E-state index is 13.2. The molecule has 0 radical (unpaired) electrons. The van der Waals surface area contributed by atoms with Crippen LogP contribution in [0.4, 0.5) is 4.39 Å². The Balaban J connectivity index is 1.65. The van der Waals surface area contributed by atoms with E-state index in [1.165, 1.54) is 18.6 Å². The topological polar surface area (TPSA) is 35.0 Å². The minimum atomic E-state index is -0.224. The molecular formula is C18H17FN2OS2. The van der Waals surface area contributed by atoms with Gasteiger partial charge in [0.05, 0.1) is 11.5 Å². The molecule has 0 aliphatic carbocycles. The summed E-state index contributed by atoms with van der Waals surface area (Å²) in [6.07, 6.45) is 5.45. The lowest BCUT2D eigenvalue weighted by Crippen LogP contribution is -2.21. The number of thiophene rings is 1. The van der Waals surface area contributed by atoms with E-state index in [4.69, 9.17) is 4.74 Å². The molecule has 1 aromatic carbocycles. The third kappa shape index (κ3) is 3.31. The van der Waals surface area contributed by atoms with E-state index in [1.807, 2.05) is 12.1 Å². The molecule has 2 aromatic heterocycles. The van der Waals surface area contributed by atoms with Crippen molar-refractivity contribution in [2.24, 2.45) is 0 Å². The average molecular weight is 360 g/mol. The van der Waals surface area contributed by atoms with Crippen LogP contribution in [-0.2, 0) is 4.74 Å². The number of hydrogen-bond acceptors (Lipinski definition) is 5. The van der Waals surface area contributed by atoms with E-state index in [0.717, 1.165) is 51.6 Å². The molecule has 6 heteroatoms. The molecule has 0 bridgehead atoms. The summed E-state index contributed by atoms with van der Waals surface area (Å²) < 4.78 is 19.0. The molecule has 1 unspecified atom stereocenters. The molecule has 1 saturated heterocycles. The predicted molar refractivity (Wildman–Crippen MR) is 97.1 cm³/mol. The fourth-order valence-electron chi connectivity index (χ4n) is 2.91. The molecule has 1 aliphatic heterocycles. The predicted octanol–water partition coefficient (Wildman–Crippen LogP) is 5.16. The van der Waals surface area contributed by atoms with Gasteiger partial charge in [-0.2, -0.15) is 0 Å². The Labute approximate surface area is 148 Å². The summed E-state index contributed by atoms with van der Waals surface area (Å²) >= 11 is 3.33. The Kier molecular flexibility index (Phi) is 4.78. The van der Waals surface area contributed by atoms with Gasteiger partial charge in [0.15, 0.2) is 0 Å². The highest BCUT2D eigenvalue weighted by Crippen LogP contribution is 2.38. The first-order chi connectivity index (χ1) is 11.8. The molecule has 124 valence electrons. The number of aromatic nitrogens is 2. The molecule has 0 amide bonds. The van der Waals surface area contributed by atoms with Gasteiger partial charge in [0.1, 0.15) is 22.0 Å². The van der Waals surface area contributed by atoms with Crippen LogP contribution in [0.5, 0.6) is 0 Å². The van der Waals surface area contributed by atoms with Crippen LogP contribution in [-0.4, -0.2) is 28.4 Å². The Morgan fingerprint density at radius 3 is 2.88 bits per heavy atom. The molecule has 3 aromatic rings. The molecule has 1 fully saturated rings. The van der Waals surface area contributed by atoms with Crippen molar-refractivity contribution in [3.63, 3.8) is 0 Å². The van der Waals surface area contributed by atoms with Gasteiger partial charge >= 0.3 is 0 Å². The zero-order valence-corrected chi connectivity index (χ0v) is 14.7. The van der Waals surface area contributed by atoms with Crippen LogP contribution in [0.1, 0.15) is 19.3 Å². The third-order valence-electron chi connectivity index (χ3n) is 4.17. The lowest BCUT2D eigenvalue weighted by molar-refractivity contribution is 0.0315. The summed E-state index contributed by atoms with van der Waals surface area (Å²) in [4.78, 5) is 9.85. The zero-order valence-electron chi connectivity index (χ0n) is 13.1. The SMILES string of the molecule is Fc1ccc(-c2csc3ncnc(SCC4CCCCO4)c23)cc1. The zero-order chi connectivity index (χ0) is 16.4. The number of ether oxygens (including phenoxy) is 1. The monoisotopic (exact) mass is 360 g/mol. The lowest BCUT2D eigenvalue weighted by Gasteiger charge is -2.22. The molecule has 1 atom stereocenters. The Morgan fingerprint density at radius 2 is 2.08 bits per heavy atom. The van der Waals surface area contributed by atoms with Crippen LogP contribution in [0.25, 0.3) is 21.3 Å². The van der Waals surface area contributed by atoms with Crippen LogP contribution < -0.4 is 0 Å². The van der Waals surface area contributed by atoms with Gasteiger partial charge in [0, 0.05) is 23.3 Å². The van der Waals surface area contributed by atoms with E-state index < -0.39 is 0 Å². The van der Waals surface area contributed by atoms with Crippen molar-refractivity contribution in [3.8, 4) is 11.1 Å². The number of halogens is 1. The highest BCUT2D eigenvalue weighted by molar-refractivity contribution is 7.99. The summed E-state index contributed by atoms with van der Waals surface area (Å²) in [6, 6.07) is 6.60. The van der Waals surface area contributed by atoms with Gasteiger partial charge in [-0.15, -0.1) is 23.1 Å². The van der Waals surface area contributed by atoms with Gasteiger partial charge in [0.2, 0.25) is 0 Å². The maximum atomic E-state index is 13.2. The quantitative estimate of drug-likeness (QED) is 0.475. The number of thioether (sulfide) groups is 1. The standard InChI is InChI=1S/C18H17FN2OS2/c19-13-6-4-12(5-7-13)15-10-24-18-16(15)17(20-11-21-18)23-9-14-3-1-2-8-22-14/h4-7,10-11,14H,1-3,8-9H2. The van der Waals surface area contributed by atoms with Crippen molar-refractivity contribution in [3.05, 3.63) is 41.8 Å². The molecule has 24 heavy (non-hydrogen) atoms. The molecule has 3 nitrogen and oxygen atoms in total. The second kappa shape index (κ2) is 7.17. The number of nitrogens with zero attached hydrogens (tertiary/aromatic N) is 2. The van der Waals surface area contributed by atoms with Gasteiger partial charge in [-0.25, -0.2) is 14.4 Å². The third-order valence-corrected chi connectivity index (χ3v) is 6.18. The van der Waals surface area contributed by atoms with Gasteiger partial charge in [-0.1, -0.05) is 12.1 Å². The fraction of sp³-hybridized carbons (Fsp3) is 0.333. The number of benzene rings is 1. The first-order valence-electron chi connectivity index (χ1n) is 8.04. The van der Waals surface area contributed by atoms with Crippen LogP contribution in [0.2, 0.25) is 0 Å². The molecule has 4 rings (SSSR count). The van der Waals surface area contributed by atoms with Crippen LogP contribution >= 0.6 is 23.1 Å². The fourth-order valence-corrected chi connectivity index (χ4v) is 4.97. The van der Waals surface area contributed by atoms with E-state index in [1.54, 1.807) is 29.4 Å². The van der Waals surface area contributed by atoms with Crippen LogP contribution in [0, 0.1) is 5.82 Å². The summed E-state index contributed by atoms with van der Waals surface area (Å²) in [5.74, 6) is 0.684. The normalized spacial score (nSPS) is 18.1. The molecule has 0 spiro atoms. The average Bonchev–Trinajstić information content (AvgIpc) is 3.06. The maximum Gasteiger partial charge on any atom is 0.128 e. The minimum Gasteiger partial charge on any atom is -0.377 e. The Morgan fingerprint density at radius 1 is 1.21 bits per heavy atom. The van der Waals surface area contributed by atoms with E-state index in [2.05, 4.69) is 15.3 Å². The van der Waals surface area contributed by atoms with Crippen LogP contribution in [0.3, 0.4) is 0 Å². The van der Waals surface area contributed by atoms with Crippen LogP contribution in [0.15, 0.2) is 41.0 Å². The first kappa shape index (κ1) is 16.0. The Hall–Kier alpha value is -1.50. The van der Waals surface area contributed by atoms with Crippen molar-refractivity contribution >= 4 is 33.3 Å². The highest BCUT2D eigenvalue weighted by Gasteiger charge is 2.17. The summed E-state index contributed by atoms with van der Waals surface area (Å²) in [5, 5.41) is 4.12. The second-order valence-electron chi connectivity index (χ2n) is 5.81. The van der Waals surface area contributed by atoms with Gasteiger partial charge < -0.3 is 4.74 Å². The number of rotatable bonds is 4. The number of fused-ring (bicyclic) bond motifs is 1. The summed E-state index contributed by atoms with van der Waals surface area (Å²) in [6.45, 7) is 0.865. The summed E-state index contributed by atoms with van der Waals surface area (Å²) in [5.41, 5.74) is 2.07. The molecule has 3 heterocycles. The minimum absolute atomic E-state index is 0.224. The van der Waals surface area contributed by atoms with E-state index in [9.17, 15) is 4.39 Å². The van der Waals surface area contributed by atoms with E-state index >= 15 is 0 Å². The molecular weight excluding hydrogens is 343 g/mol. The second-order valence-corrected chi connectivity index (χ2v) is 7.68. The molecule has 0 saturated carbocycles. The molecule has 1 aliphatic rings. The van der Waals surface area contributed by atoms with Crippen molar-refractivity contribution in [1.29, 1.82) is 0 Å². The number of hydrogen-bond donors (Lipinski definition) is 0. The van der Waals surface area contributed by atoms with Crippen molar-refractivity contribution < 1.29 is 9.13 Å². The van der Waals surface area contributed by atoms with Crippen molar-refractivity contribution in [2.45, 2.75) is 30.4 Å². The van der Waals surface area contributed by atoms with Crippen molar-refractivity contribution in [1.82, 2.24) is 9.97 Å². The van der Waals surface area contributed by atoms with Gasteiger partial charge in [-0.3, -0.25) is 0 Å². The van der Waals surface area contributed by atoms with Gasteiger partial charge in [-0.05, 0) is 37.0 Å². The van der Waals surface area contributed by atoms with E-state index in [0.29, 0.717) is 6.10 Å². The molecule has 0 N–H and O–H groups in total. The largest absolute Gasteiger partial charge is 0.377 e. The lowest BCUT2D eigenvalue weighted by atomic mass is 10.1. The Bertz CT molecular complexity index is 829. The van der Waals surface area contributed by atoms with Gasteiger partial charge in [0.25, 0.3) is 0 Å². The van der Waals surface area contributed by atoms with E-state index in [-0.39, 0.29) is 5.82 Å². The smallest absolute Gasteiger partial charge is 0.128 e. The first-order valence-corrected chi connectivity index (χ1v) is 9.90.